The minimum Gasteiger partial charge on any atom is -0.459 e. The Bertz CT molecular complexity index is 835. The molecule has 0 fully saturated rings. The maximum Gasteiger partial charge on any atom is 0.418 e. The fourth-order valence-corrected chi connectivity index (χ4v) is 2.02. The van der Waals surface area contributed by atoms with E-state index >= 15 is 0 Å². The second-order valence-corrected chi connectivity index (χ2v) is 5.17. The van der Waals surface area contributed by atoms with Crippen molar-refractivity contribution < 1.29 is 32.0 Å². The van der Waals surface area contributed by atoms with Crippen molar-refractivity contribution in [3.05, 3.63) is 47.9 Å². The number of alkyl halides is 3. The van der Waals surface area contributed by atoms with Gasteiger partial charge in [0, 0.05) is 18.4 Å². The number of amides is 4. The third-order valence-electron chi connectivity index (χ3n) is 3.25. The number of anilines is 2. The van der Waals surface area contributed by atoms with E-state index in [4.69, 9.17) is 4.42 Å². The van der Waals surface area contributed by atoms with Gasteiger partial charge in [-0.1, -0.05) is 0 Å². The zero-order valence-electron chi connectivity index (χ0n) is 13.9. The van der Waals surface area contributed by atoms with Gasteiger partial charge in [0.15, 0.2) is 5.76 Å². The van der Waals surface area contributed by atoms with Crippen molar-refractivity contribution in [2.24, 2.45) is 0 Å². The molecule has 0 aliphatic rings. The Morgan fingerprint density at radius 2 is 1.89 bits per heavy atom. The van der Waals surface area contributed by atoms with Crippen molar-refractivity contribution in [2.45, 2.75) is 6.18 Å². The maximum atomic E-state index is 13.3. The molecule has 0 aliphatic carbocycles. The van der Waals surface area contributed by atoms with E-state index in [1.807, 2.05) is 5.32 Å². The van der Waals surface area contributed by atoms with Crippen molar-refractivity contribution >= 4 is 29.2 Å². The van der Waals surface area contributed by atoms with Gasteiger partial charge in [0.25, 0.3) is 5.91 Å². The molecule has 4 amide bonds. The van der Waals surface area contributed by atoms with E-state index in [9.17, 15) is 27.6 Å². The normalized spacial score (nSPS) is 10.8. The molecule has 1 aromatic carbocycles. The van der Waals surface area contributed by atoms with Gasteiger partial charge < -0.3 is 20.4 Å². The first kappa shape index (κ1) is 19.8. The lowest BCUT2D eigenvalue weighted by Crippen LogP contribution is -2.40. The molecule has 0 radical (unpaired) electrons. The second-order valence-electron chi connectivity index (χ2n) is 5.17. The molecular formula is C16H15F3N4O4. The van der Waals surface area contributed by atoms with Gasteiger partial charge in [-0.2, -0.15) is 13.2 Å². The Balaban J connectivity index is 2.14. The van der Waals surface area contributed by atoms with Crippen LogP contribution in [0, 0.1) is 0 Å². The van der Waals surface area contributed by atoms with Crippen molar-refractivity contribution in [1.82, 2.24) is 10.6 Å². The molecule has 11 heteroatoms. The zero-order chi connectivity index (χ0) is 20.0. The molecular weight excluding hydrogens is 369 g/mol. The van der Waals surface area contributed by atoms with E-state index in [-0.39, 0.29) is 17.1 Å². The Morgan fingerprint density at radius 1 is 1.15 bits per heavy atom. The number of hydrogen-bond acceptors (Lipinski definition) is 5. The number of halogens is 3. The summed E-state index contributed by atoms with van der Waals surface area (Å²) >= 11 is 0. The van der Waals surface area contributed by atoms with Crippen LogP contribution in [0.1, 0.15) is 16.1 Å². The van der Waals surface area contributed by atoms with E-state index in [1.54, 1.807) is 0 Å². The molecule has 4 N–H and O–H groups in total. The number of rotatable bonds is 5. The first-order chi connectivity index (χ1) is 12.7. The van der Waals surface area contributed by atoms with Crippen LogP contribution < -0.4 is 21.3 Å². The molecule has 144 valence electrons. The molecule has 0 saturated heterocycles. The number of urea groups is 1. The summed E-state index contributed by atoms with van der Waals surface area (Å²) in [7, 11) is 1.29. The third kappa shape index (κ3) is 5.49. The standard InChI is InChI=1S/C16H15F3N4O4/c1-20-15(26)23-13(24)8-21-11-5-4-9(7-10(11)16(17,18)19)22-14(25)12-3-2-6-27-12/h2-7,21H,8H2,1H3,(H,22,25)(H2,20,23,24,26). The predicted octanol–water partition coefficient (Wildman–Crippen LogP) is 2.42. The van der Waals surface area contributed by atoms with E-state index in [0.29, 0.717) is 0 Å². The molecule has 0 atom stereocenters. The highest BCUT2D eigenvalue weighted by Crippen LogP contribution is 2.36. The maximum absolute atomic E-state index is 13.3. The molecule has 0 aliphatic heterocycles. The Kier molecular flexibility index (Phi) is 6.06. The van der Waals surface area contributed by atoms with Crippen LogP contribution in [0.15, 0.2) is 41.0 Å². The quantitative estimate of drug-likeness (QED) is 0.633. The van der Waals surface area contributed by atoms with Gasteiger partial charge in [0.1, 0.15) is 0 Å². The molecule has 27 heavy (non-hydrogen) atoms. The molecule has 8 nitrogen and oxygen atoms in total. The summed E-state index contributed by atoms with van der Waals surface area (Å²) < 4.78 is 44.7. The number of hydrogen-bond donors (Lipinski definition) is 4. The lowest BCUT2D eigenvalue weighted by atomic mass is 10.1. The topological polar surface area (TPSA) is 112 Å². The first-order valence-electron chi connectivity index (χ1n) is 7.52. The van der Waals surface area contributed by atoms with E-state index in [0.717, 1.165) is 12.1 Å². The van der Waals surface area contributed by atoms with Gasteiger partial charge in [0.05, 0.1) is 18.4 Å². The average molecular weight is 384 g/mol. The predicted molar refractivity (Wildman–Crippen MR) is 89.2 cm³/mol. The van der Waals surface area contributed by atoms with Crippen LogP contribution in [0.2, 0.25) is 0 Å². The van der Waals surface area contributed by atoms with Gasteiger partial charge in [-0.25, -0.2) is 4.79 Å². The molecule has 1 heterocycles. The number of carbonyl (C=O) groups is 3. The summed E-state index contributed by atoms with van der Waals surface area (Å²) in [4.78, 5) is 34.4. The SMILES string of the molecule is CNC(=O)NC(=O)CNc1ccc(NC(=O)c2ccco2)cc1C(F)(F)F. The largest absolute Gasteiger partial charge is 0.459 e. The highest BCUT2D eigenvalue weighted by atomic mass is 19.4. The van der Waals surface area contributed by atoms with Crippen LogP contribution in [-0.2, 0) is 11.0 Å². The Hall–Kier alpha value is -3.50. The number of nitrogens with one attached hydrogen (secondary N) is 4. The number of imide groups is 1. The minimum absolute atomic E-state index is 0.0587. The van der Waals surface area contributed by atoms with Crippen LogP contribution >= 0.6 is 0 Å². The lowest BCUT2D eigenvalue weighted by molar-refractivity contribution is -0.137. The summed E-state index contributed by atoms with van der Waals surface area (Å²) in [5.74, 6) is -1.59. The van der Waals surface area contributed by atoms with Crippen LogP contribution in [-0.4, -0.2) is 31.4 Å². The molecule has 0 unspecified atom stereocenters. The number of furan rings is 1. The van der Waals surface area contributed by atoms with Gasteiger partial charge in [-0.05, 0) is 30.3 Å². The van der Waals surface area contributed by atoms with Crippen molar-refractivity contribution in [2.75, 3.05) is 24.2 Å². The Morgan fingerprint density at radius 3 is 2.48 bits per heavy atom. The van der Waals surface area contributed by atoms with Gasteiger partial charge in [-0.3, -0.25) is 14.9 Å². The molecule has 1 aromatic heterocycles. The highest BCUT2D eigenvalue weighted by Gasteiger charge is 2.34. The van der Waals surface area contributed by atoms with Crippen molar-refractivity contribution in [1.29, 1.82) is 0 Å². The summed E-state index contributed by atoms with van der Waals surface area (Å²) in [6, 6.07) is 5.06. The van der Waals surface area contributed by atoms with Gasteiger partial charge in [0.2, 0.25) is 5.91 Å². The van der Waals surface area contributed by atoms with Crippen LogP contribution in [0.5, 0.6) is 0 Å². The van der Waals surface area contributed by atoms with E-state index in [2.05, 4.69) is 16.0 Å². The first-order valence-corrected chi connectivity index (χ1v) is 7.52. The minimum atomic E-state index is -4.75. The van der Waals surface area contributed by atoms with Crippen molar-refractivity contribution in [3.63, 3.8) is 0 Å². The highest BCUT2D eigenvalue weighted by molar-refractivity contribution is 6.02. The second kappa shape index (κ2) is 8.25. The fraction of sp³-hybridized carbons (Fsp3) is 0.188. The lowest BCUT2D eigenvalue weighted by Gasteiger charge is -2.16. The average Bonchev–Trinajstić information content (AvgIpc) is 3.14. The molecule has 2 rings (SSSR count). The summed E-state index contributed by atoms with van der Waals surface area (Å²) in [5, 5.41) is 8.66. The summed E-state index contributed by atoms with van der Waals surface area (Å²) in [6.07, 6.45) is -3.49. The van der Waals surface area contributed by atoms with Gasteiger partial charge in [-0.15, -0.1) is 0 Å². The summed E-state index contributed by atoms with van der Waals surface area (Å²) in [6.45, 7) is -0.561. The number of carbonyl (C=O) groups excluding carboxylic acids is 3. The van der Waals surface area contributed by atoms with E-state index < -0.39 is 36.1 Å². The van der Waals surface area contributed by atoms with Crippen LogP contribution in [0.4, 0.5) is 29.3 Å². The van der Waals surface area contributed by atoms with Crippen LogP contribution in [0.3, 0.4) is 0 Å². The van der Waals surface area contributed by atoms with E-state index in [1.165, 1.54) is 31.5 Å². The molecule has 0 saturated carbocycles. The summed E-state index contributed by atoms with van der Waals surface area (Å²) in [5.41, 5.74) is -1.58. The molecule has 0 bridgehead atoms. The molecule has 2 aromatic rings. The molecule has 0 spiro atoms. The Labute approximate surface area is 151 Å². The zero-order valence-corrected chi connectivity index (χ0v) is 13.9. The van der Waals surface area contributed by atoms with Crippen molar-refractivity contribution in [3.8, 4) is 0 Å². The fourth-order valence-electron chi connectivity index (χ4n) is 2.02. The smallest absolute Gasteiger partial charge is 0.418 e. The van der Waals surface area contributed by atoms with Crippen LogP contribution in [0.25, 0.3) is 0 Å². The third-order valence-corrected chi connectivity index (χ3v) is 3.25. The van der Waals surface area contributed by atoms with Gasteiger partial charge >= 0.3 is 12.2 Å². The monoisotopic (exact) mass is 384 g/mol. The number of benzene rings is 1.